The number of nitrogens with one attached hydrogen (secondary N) is 1. The number of likely N-dealkylation sites (N-methyl/N-ethyl adjacent to an activating group) is 1. The molecular formula is C29H31N3O3. The number of hydrogen-bond acceptors (Lipinski definition) is 5. The van der Waals surface area contributed by atoms with Crippen molar-refractivity contribution < 1.29 is 14.3 Å². The molecule has 0 radical (unpaired) electrons. The first-order valence-corrected chi connectivity index (χ1v) is 12.2. The van der Waals surface area contributed by atoms with Crippen LogP contribution < -0.4 is 15.0 Å². The number of hydrogen-bond donors (Lipinski definition) is 1. The van der Waals surface area contributed by atoms with Gasteiger partial charge < -0.3 is 19.9 Å². The smallest absolute Gasteiger partial charge is 0.251 e. The van der Waals surface area contributed by atoms with Gasteiger partial charge in [-0.25, -0.2) is 0 Å². The second-order valence-corrected chi connectivity index (χ2v) is 9.42. The summed E-state index contributed by atoms with van der Waals surface area (Å²) in [5, 5.41) is 3.02. The van der Waals surface area contributed by atoms with Crippen LogP contribution in [0.25, 0.3) is 11.1 Å². The lowest BCUT2D eigenvalue weighted by molar-refractivity contribution is 0.0933. The van der Waals surface area contributed by atoms with Crippen LogP contribution >= 0.6 is 0 Å². The van der Waals surface area contributed by atoms with Crippen molar-refractivity contribution in [2.24, 2.45) is 0 Å². The lowest BCUT2D eigenvalue weighted by Gasteiger charge is -2.34. The Balaban J connectivity index is 1.18. The number of ketones is 1. The third-order valence-electron chi connectivity index (χ3n) is 6.91. The van der Waals surface area contributed by atoms with E-state index in [1.54, 1.807) is 6.92 Å². The molecule has 0 aromatic heterocycles. The summed E-state index contributed by atoms with van der Waals surface area (Å²) in [4.78, 5) is 29.4. The monoisotopic (exact) mass is 469 g/mol. The molecule has 2 aliphatic rings. The van der Waals surface area contributed by atoms with Crippen LogP contribution in [0.2, 0.25) is 0 Å². The van der Waals surface area contributed by atoms with Gasteiger partial charge in [0.05, 0.1) is 6.54 Å². The van der Waals surface area contributed by atoms with Crippen molar-refractivity contribution in [2.45, 2.75) is 19.4 Å². The molecule has 0 unspecified atom stereocenters. The predicted octanol–water partition coefficient (Wildman–Crippen LogP) is 4.04. The van der Waals surface area contributed by atoms with Gasteiger partial charge in [0.1, 0.15) is 11.9 Å². The Labute approximate surface area is 206 Å². The van der Waals surface area contributed by atoms with Crippen LogP contribution in [-0.2, 0) is 6.42 Å². The zero-order chi connectivity index (χ0) is 24.4. The standard InChI is InChI=1S/C29H31N3O3/c1-20(33)26-5-3-4-6-27(26)22-9-12-28-23(17-22)18-25(35-28)19-30-29(34)21-7-10-24(11-8-21)32-15-13-31(2)14-16-32/h3-12,17,25H,13-16,18-19H2,1-2H3,(H,30,34)/t25-/m0/s1. The Kier molecular flexibility index (Phi) is 6.55. The Morgan fingerprint density at radius 1 is 0.971 bits per heavy atom. The van der Waals surface area contributed by atoms with Gasteiger partial charge >= 0.3 is 0 Å². The van der Waals surface area contributed by atoms with Crippen LogP contribution in [0.4, 0.5) is 5.69 Å². The zero-order valence-electron chi connectivity index (χ0n) is 20.3. The van der Waals surface area contributed by atoms with E-state index in [-0.39, 0.29) is 17.8 Å². The number of rotatable bonds is 6. The van der Waals surface area contributed by atoms with E-state index in [2.05, 4.69) is 28.2 Å². The van der Waals surface area contributed by atoms with Gasteiger partial charge in [0.25, 0.3) is 5.91 Å². The minimum absolute atomic E-state index is 0.0505. The normalized spacial score (nSPS) is 17.5. The molecule has 0 saturated carbocycles. The average molecular weight is 470 g/mol. The van der Waals surface area contributed by atoms with E-state index in [0.717, 1.165) is 54.3 Å². The van der Waals surface area contributed by atoms with Crippen molar-refractivity contribution in [3.05, 3.63) is 83.4 Å². The molecule has 2 heterocycles. The quantitative estimate of drug-likeness (QED) is 0.552. The van der Waals surface area contributed by atoms with Crippen molar-refractivity contribution in [3.8, 4) is 16.9 Å². The minimum atomic E-state index is -0.114. The van der Waals surface area contributed by atoms with Crippen LogP contribution in [0.15, 0.2) is 66.7 Å². The largest absolute Gasteiger partial charge is 0.488 e. The minimum Gasteiger partial charge on any atom is -0.488 e. The molecule has 1 amide bonds. The fraction of sp³-hybridized carbons (Fsp3) is 0.310. The highest BCUT2D eigenvalue weighted by Crippen LogP contribution is 2.34. The fourth-order valence-corrected chi connectivity index (χ4v) is 4.84. The van der Waals surface area contributed by atoms with Crippen LogP contribution in [-0.4, -0.2) is 62.5 Å². The molecule has 2 aliphatic heterocycles. The van der Waals surface area contributed by atoms with Crippen molar-refractivity contribution in [1.29, 1.82) is 0 Å². The van der Waals surface area contributed by atoms with Gasteiger partial charge in [-0.05, 0) is 67.1 Å². The second kappa shape index (κ2) is 9.92. The van der Waals surface area contributed by atoms with Gasteiger partial charge in [-0.2, -0.15) is 0 Å². The summed E-state index contributed by atoms with van der Waals surface area (Å²) in [6.45, 7) is 6.14. The number of Topliss-reactive ketones (excluding diaryl/α,β-unsaturated/α-hetero) is 1. The molecule has 6 heteroatoms. The SMILES string of the molecule is CC(=O)c1ccccc1-c1ccc2c(c1)C[C@@H](CNC(=O)c1ccc(N3CCN(C)CC3)cc1)O2. The van der Waals surface area contributed by atoms with Gasteiger partial charge in [-0.3, -0.25) is 9.59 Å². The molecule has 1 atom stereocenters. The number of anilines is 1. The lowest BCUT2D eigenvalue weighted by Crippen LogP contribution is -2.44. The molecule has 0 bridgehead atoms. The number of carbonyl (C=O) groups excluding carboxylic acids is 2. The molecule has 3 aromatic carbocycles. The van der Waals surface area contributed by atoms with E-state index in [9.17, 15) is 9.59 Å². The van der Waals surface area contributed by atoms with E-state index in [4.69, 9.17) is 4.74 Å². The number of piperazine rings is 1. The highest BCUT2D eigenvalue weighted by atomic mass is 16.5. The number of benzene rings is 3. The number of nitrogens with zero attached hydrogens (tertiary/aromatic N) is 2. The van der Waals surface area contributed by atoms with Crippen LogP contribution in [0.5, 0.6) is 5.75 Å². The summed E-state index contributed by atoms with van der Waals surface area (Å²) in [6, 6.07) is 21.6. The maximum Gasteiger partial charge on any atom is 0.251 e. The summed E-state index contributed by atoms with van der Waals surface area (Å²) in [5.41, 5.74) is 5.56. The summed E-state index contributed by atoms with van der Waals surface area (Å²) in [5.74, 6) is 0.796. The number of fused-ring (bicyclic) bond motifs is 1. The predicted molar refractivity (Wildman–Crippen MR) is 138 cm³/mol. The Hall–Kier alpha value is -3.64. The van der Waals surface area contributed by atoms with Crippen LogP contribution in [0, 0.1) is 0 Å². The van der Waals surface area contributed by atoms with Gasteiger partial charge in [0, 0.05) is 49.4 Å². The van der Waals surface area contributed by atoms with E-state index in [0.29, 0.717) is 24.1 Å². The Morgan fingerprint density at radius 2 is 1.71 bits per heavy atom. The molecule has 1 saturated heterocycles. The number of amides is 1. The van der Waals surface area contributed by atoms with Gasteiger partial charge in [-0.15, -0.1) is 0 Å². The topological polar surface area (TPSA) is 61.9 Å². The molecule has 3 aromatic rings. The maximum absolute atomic E-state index is 12.7. The molecule has 5 rings (SSSR count). The summed E-state index contributed by atoms with van der Waals surface area (Å²) < 4.78 is 6.08. The van der Waals surface area contributed by atoms with Gasteiger partial charge in [0.2, 0.25) is 0 Å². The fourth-order valence-electron chi connectivity index (χ4n) is 4.84. The Bertz CT molecular complexity index is 1230. The van der Waals surface area contributed by atoms with E-state index in [1.165, 1.54) is 0 Å². The van der Waals surface area contributed by atoms with E-state index >= 15 is 0 Å². The van der Waals surface area contributed by atoms with Crippen molar-refractivity contribution in [3.63, 3.8) is 0 Å². The number of carbonyl (C=O) groups is 2. The third kappa shape index (κ3) is 5.08. The third-order valence-corrected chi connectivity index (χ3v) is 6.91. The zero-order valence-corrected chi connectivity index (χ0v) is 20.3. The molecule has 1 N–H and O–H groups in total. The summed E-state index contributed by atoms with van der Waals surface area (Å²) >= 11 is 0. The van der Waals surface area contributed by atoms with Gasteiger partial charge in [-0.1, -0.05) is 30.3 Å². The first kappa shape index (κ1) is 23.1. The summed E-state index contributed by atoms with van der Waals surface area (Å²) in [7, 11) is 2.14. The molecule has 6 nitrogen and oxygen atoms in total. The highest BCUT2D eigenvalue weighted by molar-refractivity contribution is 6.00. The maximum atomic E-state index is 12.7. The van der Waals surface area contributed by atoms with Crippen molar-refractivity contribution in [2.75, 3.05) is 44.7 Å². The first-order chi connectivity index (χ1) is 17.0. The van der Waals surface area contributed by atoms with Crippen molar-refractivity contribution in [1.82, 2.24) is 10.2 Å². The molecule has 0 spiro atoms. The van der Waals surface area contributed by atoms with Gasteiger partial charge in [0.15, 0.2) is 5.78 Å². The van der Waals surface area contributed by atoms with Crippen LogP contribution in [0.3, 0.4) is 0 Å². The molecular weight excluding hydrogens is 438 g/mol. The van der Waals surface area contributed by atoms with Crippen LogP contribution in [0.1, 0.15) is 33.2 Å². The average Bonchev–Trinajstić information content (AvgIpc) is 3.30. The summed E-state index contributed by atoms with van der Waals surface area (Å²) in [6.07, 6.45) is 0.602. The Morgan fingerprint density at radius 3 is 2.46 bits per heavy atom. The first-order valence-electron chi connectivity index (χ1n) is 12.2. The number of ether oxygens (including phenoxy) is 1. The lowest BCUT2D eigenvalue weighted by atomic mass is 9.95. The molecule has 180 valence electrons. The molecule has 1 fully saturated rings. The highest BCUT2D eigenvalue weighted by Gasteiger charge is 2.24. The van der Waals surface area contributed by atoms with E-state index < -0.39 is 0 Å². The molecule has 0 aliphatic carbocycles. The second-order valence-electron chi connectivity index (χ2n) is 9.42. The molecule has 35 heavy (non-hydrogen) atoms. The van der Waals surface area contributed by atoms with E-state index in [1.807, 2.05) is 60.7 Å². The van der Waals surface area contributed by atoms with Crippen molar-refractivity contribution >= 4 is 17.4 Å².